The molecule has 23 aliphatic rings. The molecule has 8 bridgehead atoms. The third-order valence-corrected chi connectivity index (χ3v) is 25.8. The van der Waals surface area contributed by atoms with Crippen LogP contribution >= 0.6 is 0 Å². The van der Waals surface area contributed by atoms with Crippen molar-refractivity contribution in [2.45, 2.75) is 109 Å². The maximum Gasteiger partial charge on any atom is -0.0312 e. The highest BCUT2D eigenvalue weighted by Crippen LogP contribution is 2.93. The van der Waals surface area contributed by atoms with Crippen molar-refractivity contribution in [2.24, 2.45) is 189 Å². The van der Waals surface area contributed by atoms with Crippen molar-refractivity contribution < 1.29 is 0 Å². The first-order valence-corrected chi connectivity index (χ1v) is 24.2. The molecule has 16 atom stereocenters. The van der Waals surface area contributed by atoms with Crippen LogP contribution in [-0.2, 0) is 0 Å². The van der Waals surface area contributed by atoms with Crippen LogP contribution in [-0.4, -0.2) is 0 Å². The first-order chi connectivity index (χ1) is 24.2. The minimum Gasteiger partial charge on any atom is -0.0528 e. The second-order valence-corrected chi connectivity index (χ2v) is 25.4. The average molecular weight is 655 g/mol. The molecule has 0 N–H and O–H groups in total. The largest absolute Gasteiger partial charge is 0.0528 e. The molecule has 0 heterocycles. The summed E-state index contributed by atoms with van der Waals surface area (Å²) in [6.07, 6.45) is 27.6. The van der Waals surface area contributed by atoms with Crippen molar-refractivity contribution in [2.75, 3.05) is 0 Å². The van der Waals surface area contributed by atoms with Crippen LogP contribution in [0.2, 0.25) is 0 Å². The van der Waals surface area contributed by atoms with E-state index in [1.54, 1.807) is 109 Å². The van der Waals surface area contributed by atoms with Gasteiger partial charge in [0, 0.05) is 0 Å². The van der Waals surface area contributed by atoms with Gasteiger partial charge in [-0.3, -0.25) is 0 Å². The molecule has 0 amide bonds. The fourth-order valence-electron chi connectivity index (χ4n) is 23.7. The maximum atomic E-state index is 1.68. The lowest BCUT2D eigenvalue weighted by atomic mass is 9.10. The van der Waals surface area contributed by atoms with Crippen molar-refractivity contribution in [1.29, 1.82) is 0 Å². The summed E-state index contributed by atoms with van der Waals surface area (Å²) in [5.74, 6) is 40.5. The number of hydrogen-bond donors (Lipinski definition) is 0. The van der Waals surface area contributed by atoms with Crippen molar-refractivity contribution in [3.05, 3.63) is 0 Å². The van der Waals surface area contributed by atoms with E-state index >= 15 is 0 Å². The molecule has 16 unspecified atom stereocenters. The van der Waals surface area contributed by atoms with Crippen LogP contribution < -0.4 is 0 Å². The Kier molecular flexibility index (Phi) is 4.53. The van der Waals surface area contributed by atoms with Gasteiger partial charge in [0.15, 0.2) is 0 Å². The third kappa shape index (κ3) is 2.70. The monoisotopic (exact) mass is 655 g/mol. The second-order valence-electron chi connectivity index (χ2n) is 25.4. The van der Waals surface area contributed by atoms with Crippen molar-refractivity contribution in [1.82, 2.24) is 0 Å². The zero-order valence-corrected chi connectivity index (χ0v) is 30.5. The minimum atomic E-state index is 1.22. The van der Waals surface area contributed by atoms with Crippen LogP contribution in [0.3, 0.4) is 0 Å². The van der Waals surface area contributed by atoms with Gasteiger partial charge in [0.05, 0.1) is 0 Å². The van der Waals surface area contributed by atoms with Gasteiger partial charge in [-0.1, -0.05) is 19.3 Å². The fraction of sp³-hybridized carbons (Fsp3) is 1.00. The fourth-order valence-corrected chi connectivity index (χ4v) is 23.7. The standard InChI is InChI=1S/C21H26.4C7H10/c1-2-6-4-8-10(6)14-12(8)16-18(14)20-17-13-9-5-7(3-1)11(9)15(13)19(17)21(16)20;4*1-4-2-6-3-5(1)7(4)6/h6-21H,1-5H2;4*4-7H,1-3H2. The molecule has 262 valence electrons. The topological polar surface area (TPSA) is 0 Å². The SMILES string of the molecule is C1C2CC3CC1C23.C1C2CC3CC1C23.C1C2CC3CC1C23.C1C2CC3CC1C23.C1CC2CC3C2C2C3C3C2C2C4C5C6CC(C1)C6C5C4C32. The van der Waals surface area contributed by atoms with Gasteiger partial charge in [0.1, 0.15) is 0 Å². The van der Waals surface area contributed by atoms with Crippen LogP contribution in [0.4, 0.5) is 0 Å². The Hall–Kier alpha value is 0. The molecule has 0 spiro atoms. The van der Waals surface area contributed by atoms with E-state index in [2.05, 4.69) is 0 Å². The normalized spacial score (nSPS) is 78.9. The molecular weight excluding hydrogens is 589 g/mol. The molecule has 0 aliphatic heterocycles. The summed E-state index contributed by atoms with van der Waals surface area (Å²) in [5, 5.41) is 0. The lowest BCUT2D eigenvalue weighted by molar-refractivity contribution is -0.473. The Morgan fingerprint density at radius 2 is 0.388 bits per heavy atom. The van der Waals surface area contributed by atoms with E-state index in [9.17, 15) is 0 Å². The van der Waals surface area contributed by atoms with Crippen LogP contribution in [0.1, 0.15) is 109 Å². The first-order valence-electron chi connectivity index (χ1n) is 24.2. The van der Waals surface area contributed by atoms with Crippen LogP contribution in [0.15, 0.2) is 0 Å². The lowest BCUT2D eigenvalue weighted by Gasteiger charge is -2.94. The number of rotatable bonds is 0. The molecule has 0 aromatic carbocycles. The van der Waals surface area contributed by atoms with E-state index < -0.39 is 0 Å². The Bertz CT molecular complexity index is 1220. The summed E-state index contributed by atoms with van der Waals surface area (Å²) in [5.41, 5.74) is 0. The Labute approximate surface area is 297 Å². The molecule has 23 fully saturated rings. The van der Waals surface area contributed by atoms with Gasteiger partial charge in [-0.25, -0.2) is 0 Å². The Morgan fingerprint density at radius 3 is 0.592 bits per heavy atom. The van der Waals surface area contributed by atoms with Gasteiger partial charge in [0.2, 0.25) is 0 Å². The highest BCUT2D eigenvalue weighted by molar-refractivity contribution is 5.36. The molecule has 0 aromatic heterocycles. The zero-order valence-electron chi connectivity index (χ0n) is 30.5. The average Bonchev–Trinajstić information content (AvgIpc) is 3.10. The number of hydrogen-bond acceptors (Lipinski definition) is 0. The van der Waals surface area contributed by atoms with Crippen molar-refractivity contribution >= 4 is 0 Å². The van der Waals surface area contributed by atoms with Gasteiger partial charge < -0.3 is 0 Å². The van der Waals surface area contributed by atoms with Gasteiger partial charge in [-0.05, 0) is 279 Å². The molecule has 0 nitrogen and oxygen atoms in total. The summed E-state index contributed by atoms with van der Waals surface area (Å²) in [7, 11) is 0. The van der Waals surface area contributed by atoms with E-state index in [-0.39, 0.29) is 0 Å². The van der Waals surface area contributed by atoms with Crippen molar-refractivity contribution in [3.8, 4) is 0 Å². The van der Waals surface area contributed by atoms with Gasteiger partial charge in [-0.2, -0.15) is 0 Å². The second kappa shape index (κ2) is 8.30. The van der Waals surface area contributed by atoms with Gasteiger partial charge in [0.25, 0.3) is 0 Å². The Balaban J connectivity index is 0.0000000684. The molecule has 49 heavy (non-hydrogen) atoms. The van der Waals surface area contributed by atoms with E-state index in [0.29, 0.717) is 0 Å². The van der Waals surface area contributed by atoms with Crippen molar-refractivity contribution in [3.63, 3.8) is 0 Å². The molecule has 23 rings (SSSR count). The first kappa shape index (κ1) is 26.7. The Morgan fingerprint density at radius 1 is 0.163 bits per heavy atom. The summed E-state index contributed by atoms with van der Waals surface area (Å²) in [6.45, 7) is 0. The van der Waals surface area contributed by atoms with Crippen LogP contribution in [0.25, 0.3) is 0 Å². The zero-order chi connectivity index (χ0) is 30.5. The molecule has 0 saturated heterocycles. The van der Waals surface area contributed by atoms with Gasteiger partial charge >= 0.3 is 0 Å². The molecule has 23 saturated carbocycles. The highest BCUT2D eigenvalue weighted by Gasteiger charge is 2.90. The minimum absolute atomic E-state index is 1.22. The molecule has 0 heteroatoms. The predicted octanol–water partition coefficient (Wildman–Crippen LogP) is 10.6. The molecule has 0 radical (unpaired) electrons. The smallest absolute Gasteiger partial charge is 0.0312 e. The molecule has 23 aliphatic carbocycles. The van der Waals surface area contributed by atoms with E-state index in [1.165, 1.54) is 189 Å². The van der Waals surface area contributed by atoms with Crippen LogP contribution in [0.5, 0.6) is 0 Å². The third-order valence-electron chi connectivity index (χ3n) is 25.8. The summed E-state index contributed by atoms with van der Waals surface area (Å²) in [6, 6.07) is 0. The van der Waals surface area contributed by atoms with E-state index in [0.717, 1.165) is 0 Å². The maximum absolute atomic E-state index is 1.68. The quantitative estimate of drug-likeness (QED) is 0.244. The summed E-state index contributed by atoms with van der Waals surface area (Å²) in [4.78, 5) is 0. The summed E-state index contributed by atoms with van der Waals surface area (Å²) >= 11 is 0. The van der Waals surface area contributed by atoms with Crippen LogP contribution in [0, 0.1) is 189 Å². The summed E-state index contributed by atoms with van der Waals surface area (Å²) < 4.78 is 0. The van der Waals surface area contributed by atoms with Gasteiger partial charge in [-0.15, -0.1) is 0 Å². The molecule has 0 aromatic rings. The lowest BCUT2D eigenvalue weighted by Crippen LogP contribution is -2.90. The van der Waals surface area contributed by atoms with E-state index in [4.69, 9.17) is 0 Å². The highest BCUT2D eigenvalue weighted by atomic mass is 14.9. The van der Waals surface area contributed by atoms with E-state index in [1.807, 2.05) is 0 Å². The predicted molar refractivity (Wildman–Crippen MR) is 190 cm³/mol. The molecular formula is C49H66.